The van der Waals surface area contributed by atoms with Gasteiger partial charge in [0.1, 0.15) is 4.90 Å². The normalized spacial score (nSPS) is 13.8. The average Bonchev–Trinajstić information content (AvgIpc) is 2.28. The molecular weight excluding hydrogens is 228 g/mol. The van der Waals surface area contributed by atoms with Gasteiger partial charge in [-0.1, -0.05) is 12.1 Å². The Bertz CT molecular complexity index is 467. The van der Waals surface area contributed by atoms with Crippen molar-refractivity contribution in [2.24, 2.45) is 0 Å². The average molecular weight is 238 g/mol. The smallest absolute Gasteiger partial charge is 0.258 e. The van der Waals surface area contributed by atoms with Crippen LogP contribution < -0.4 is 0 Å². The largest absolute Gasteiger partial charge is 0.285 e. The van der Waals surface area contributed by atoms with Gasteiger partial charge in [0.25, 0.3) is 5.69 Å². The lowest BCUT2D eigenvalue weighted by atomic mass is 10.3. The molecule has 0 aliphatic heterocycles. The van der Waals surface area contributed by atoms with E-state index in [1.807, 2.05) is 6.07 Å². The highest BCUT2D eigenvalue weighted by molar-refractivity contribution is 7.85. The summed E-state index contributed by atoms with van der Waals surface area (Å²) in [5.41, 5.74) is -0.161. The third-order valence-corrected chi connectivity index (χ3v) is 3.70. The molecule has 0 bridgehead atoms. The van der Waals surface area contributed by atoms with Crippen LogP contribution in [0, 0.1) is 21.4 Å². The maximum absolute atomic E-state index is 11.9. The topological polar surface area (TPSA) is 84.0 Å². The molecule has 0 N–H and O–H groups in total. The minimum atomic E-state index is -1.52. The lowest BCUT2D eigenvalue weighted by molar-refractivity contribution is -0.387. The highest BCUT2D eigenvalue weighted by Crippen LogP contribution is 2.24. The van der Waals surface area contributed by atoms with Crippen LogP contribution in [0.3, 0.4) is 0 Å². The third-order valence-electron chi connectivity index (χ3n) is 2.02. The molecule has 2 unspecified atom stereocenters. The third kappa shape index (κ3) is 2.64. The Morgan fingerprint density at radius 1 is 1.56 bits per heavy atom. The predicted octanol–water partition coefficient (Wildman–Crippen LogP) is 2.00. The van der Waals surface area contributed by atoms with Crippen molar-refractivity contribution in [2.45, 2.75) is 23.5 Å². The molecule has 0 fully saturated rings. The van der Waals surface area contributed by atoms with Gasteiger partial charge in [-0.05, 0) is 13.0 Å². The van der Waals surface area contributed by atoms with Gasteiger partial charge < -0.3 is 0 Å². The summed E-state index contributed by atoms with van der Waals surface area (Å²) in [5, 5.41) is 18.8. The summed E-state index contributed by atoms with van der Waals surface area (Å²) in [6.07, 6.45) is 0.110. The second-order valence-electron chi connectivity index (χ2n) is 3.20. The fourth-order valence-electron chi connectivity index (χ4n) is 1.20. The molecule has 0 saturated carbocycles. The number of rotatable bonds is 4. The van der Waals surface area contributed by atoms with E-state index >= 15 is 0 Å². The zero-order valence-corrected chi connectivity index (χ0v) is 9.44. The number of nitriles is 1. The standard InChI is InChI=1S/C10H10N2O3S/c1-8(6-7-11)16(15)10-5-3-2-4-9(10)12(13)14/h2-5,8H,6H2,1H3. The molecule has 1 aromatic rings. The molecule has 0 aliphatic carbocycles. The fourth-order valence-corrected chi connectivity index (χ4v) is 2.42. The van der Waals surface area contributed by atoms with Crippen molar-refractivity contribution in [1.82, 2.24) is 0 Å². The molecule has 0 heterocycles. The van der Waals surface area contributed by atoms with Gasteiger partial charge in [-0.15, -0.1) is 0 Å². The number of para-hydroxylation sites is 1. The highest BCUT2D eigenvalue weighted by atomic mass is 32.2. The van der Waals surface area contributed by atoms with E-state index < -0.39 is 21.0 Å². The van der Waals surface area contributed by atoms with E-state index in [-0.39, 0.29) is 17.0 Å². The number of hydrogen-bond acceptors (Lipinski definition) is 4. The minimum absolute atomic E-state index is 0.110. The molecule has 1 rings (SSSR count). The SMILES string of the molecule is CC(CC#N)S(=O)c1ccccc1[N+](=O)[O-]. The van der Waals surface area contributed by atoms with Crippen molar-refractivity contribution in [2.75, 3.05) is 0 Å². The predicted molar refractivity (Wildman–Crippen MR) is 59.2 cm³/mol. The van der Waals surface area contributed by atoms with Crippen LogP contribution in [0.1, 0.15) is 13.3 Å². The van der Waals surface area contributed by atoms with Crippen molar-refractivity contribution in [1.29, 1.82) is 5.26 Å². The molecule has 0 radical (unpaired) electrons. The maximum atomic E-state index is 11.9. The zero-order chi connectivity index (χ0) is 12.1. The van der Waals surface area contributed by atoms with Gasteiger partial charge in [0.2, 0.25) is 0 Å². The summed E-state index contributed by atoms with van der Waals surface area (Å²) in [6, 6.07) is 7.79. The van der Waals surface area contributed by atoms with Crippen LogP contribution in [0.5, 0.6) is 0 Å². The van der Waals surface area contributed by atoms with Gasteiger partial charge in [0.05, 0.1) is 21.8 Å². The second kappa shape index (κ2) is 5.37. The van der Waals surface area contributed by atoms with Crippen molar-refractivity contribution >= 4 is 16.5 Å². The van der Waals surface area contributed by atoms with E-state index in [1.165, 1.54) is 18.2 Å². The second-order valence-corrected chi connectivity index (χ2v) is 5.03. The molecule has 2 atom stereocenters. The summed E-state index contributed by atoms with van der Waals surface area (Å²) in [6.45, 7) is 1.63. The van der Waals surface area contributed by atoms with E-state index in [4.69, 9.17) is 5.26 Å². The monoisotopic (exact) mass is 238 g/mol. The molecule has 84 valence electrons. The number of nitro benzene ring substituents is 1. The van der Waals surface area contributed by atoms with Crippen LogP contribution in [-0.2, 0) is 10.8 Å². The zero-order valence-electron chi connectivity index (χ0n) is 8.62. The summed E-state index contributed by atoms with van der Waals surface area (Å²) in [7, 11) is -1.52. The molecule has 5 nitrogen and oxygen atoms in total. The van der Waals surface area contributed by atoms with Gasteiger partial charge in [-0.3, -0.25) is 14.3 Å². The van der Waals surface area contributed by atoms with Crippen molar-refractivity contribution in [3.05, 3.63) is 34.4 Å². The lowest BCUT2D eigenvalue weighted by Gasteiger charge is -2.07. The van der Waals surface area contributed by atoms with Crippen LogP contribution >= 0.6 is 0 Å². The molecule has 0 aliphatic rings. The lowest BCUT2D eigenvalue weighted by Crippen LogP contribution is -2.11. The van der Waals surface area contributed by atoms with Crippen LogP contribution in [0.25, 0.3) is 0 Å². The van der Waals surface area contributed by atoms with Crippen LogP contribution in [0.15, 0.2) is 29.2 Å². The van der Waals surface area contributed by atoms with Crippen molar-refractivity contribution < 1.29 is 9.13 Å². The van der Waals surface area contributed by atoms with Gasteiger partial charge in [0, 0.05) is 17.7 Å². The van der Waals surface area contributed by atoms with Gasteiger partial charge in [0.15, 0.2) is 0 Å². The van der Waals surface area contributed by atoms with Gasteiger partial charge in [-0.2, -0.15) is 5.26 Å². The van der Waals surface area contributed by atoms with Crippen LogP contribution in [-0.4, -0.2) is 14.4 Å². The van der Waals surface area contributed by atoms with Gasteiger partial charge in [-0.25, -0.2) is 0 Å². The molecule has 0 spiro atoms. The maximum Gasteiger partial charge on any atom is 0.285 e. The van der Waals surface area contributed by atoms with E-state index in [2.05, 4.69) is 0 Å². The van der Waals surface area contributed by atoms with E-state index in [1.54, 1.807) is 13.0 Å². The molecule has 0 aromatic heterocycles. The Morgan fingerprint density at radius 3 is 2.75 bits per heavy atom. The van der Waals surface area contributed by atoms with E-state index in [9.17, 15) is 14.3 Å². The van der Waals surface area contributed by atoms with E-state index in [0.29, 0.717) is 0 Å². The summed E-state index contributed by atoms with van der Waals surface area (Å²) in [4.78, 5) is 10.3. The molecular formula is C10H10N2O3S. The number of nitrogens with zero attached hydrogens (tertiary/aromatic N) is 2. The summed E-state index contributed by atoms with van der Waals surface area (Å²) in [5.74, 6) is 0. The molecule has 0 saturated heterocycles. The first-order valence-corrected chi connectivity index (χ1v) is 5.80. The van der Waals surface area contributed by atoms with Gasteiger partial charge >= 0.3 is 0 Å². The quantitative estimate of drug-likeness (QED) is 0.593. The molecule has 1 aromatic carbocycles. The highest BCUT2D eigenvalue weighted by Gasteiger charge is 2.21. The van der Waals surface area contributed by atoms with Crippen molar-refractivity contribution in [3.63, 3.8) is 0 Å². The minimum Gasteiger partial charge on any atom is -0.258 e. The summed E-state index contributed by atoms with van der Waals surface area (Å²) < 4.78 is 11.9. The first-order valence-electron chi connectivity index (χ1n) is 4.59. The number of benzene rings is 1. The Morgan fingerprint density at radius 2 is 2.19 bits per heavy atom. The van der Waals surface area contributed by atoms with Crippen LogP contribution in [0.2, 0.25) is 0 Å². The Balaban J connectivity index is 3.09. The number of hydrogen-bond donors (Lipinski definition) is 0. The van der Waals surface area contributed by atoms with Crippen LogP contribution in [0.4, 0.5) is 5.69 Å². The Kier molecular flexibility index (Phi) is 4.14. The molecule has 6 heteroatoms. The molecule has 0 amide bonds. The van der Waals surface area contributed by atoms with Crippen molar-refractivity contribution in [3.8, 4) is 6.07 Å². The fraction of sp³-hybridized carbons (Fsp3) is 0.300. The Hall–Kier alpha value is -1.74. The number of nitro groups is 1. The first-order chi connectivity index (χ1) is 7.57. The molecule has 16 heavy (non-hydrogen) atoms. The Labute approximate surface area is 95.3 Å². The van der Waals surface area contributed by atoms with E-state index in [0.717, 1.165) is 0 Å². The first kappa shape index (κ1) is 12.3. The summed E-state index contributed by atoms with van der Waals surface area (Å²) >= 11 is 0.